The lowest BCUT2D eigenvalue weighted by Gasteiger charge is -2.26. The molecule has 1 aliphatic rings. The first-order valence-electron chi connectivity index (χ1n) is 5.93. The molecule has 0 radical (unpaired) electrons. The Morgan fingerprint density at radius 3 is 2.88 bits per heavy atom. The van der Waals surface area contributed by atoms with Crippen LogP contribution in [0.5, 0.6) is 0 Å². The van der Waals surface area contributed by atoms with Crippen LogP contribution in [0.2, 0.25) is 0 Å². The molecular weight excluding hydrogens is 216 g/mol. The number of ether oxygens (including phenoxy) is 1. The Hall–Kier alpha value is -1.71. The molecule has 4 heteroatoms. The van der Waals surface area contributed by atoms with E-state index in [0.717, 1.165) is 6.54 Å². The van der Waals surface area contributed by atoms with Crippen molar-refractivity contribution in [2.75, 3.05) is 24.7 Å². The number of nitrogens with two attached hydrogens (primary N) is 1. The quantitative estimate of drug-likeness (QED) is 0.619. The molecule has 0 aromatic heterocycles. The summed E-state index contributed by atoms with van der Waals surface area (Å²) in [7, 11) is 1.38. The average molecular weight is 234 g/mol. The molecule has 3 N–H and O–H groups in total. The fraction of sp³-hybridized carbons (Fsp3) is 0.462. The second-order valence-corrected chi connectivity index (χ2v) is 4.44. The van der Waals surface area contributed by atoms with Gasteiger partial charge in [-0.2, -0.15) is 0 Å². The minimum Gasteiger partial charge on any atom is -0.465 e. The molecule has 92 valence electrons. The van der Waals surface area contributed by atoms with Crippen LogP contribution < -0.4 is 11.1 Å². The van der Waals surface area contributed by atoms with E-state index in [1.54, 1.807) is 18.2 Å². The highest BCUT2D eigenvalue weighted by molar-refractivity contribution is 5.98. The Balaban J connectivity index is 2.14. The van der Waals surface area contributed by atoms with E-state index < -0.39 is 0 Å². The van der Waals surface area contributed by atoms with Gasteiger partial charge in [-0.15, -0.1) is 0 Å². The molecule has 2 rings (SSSR count). The van der Waals surface area contributed by atoms with E-state index in [2.05, 4.69) is 5.32 Å². The molecule has 0 atom stereocenters. The van der Waals surface area contributed by atoms with Gasteiger partial charge < -0.3 is 15.8 Å². The molecule has 1 aromatic carbocycles. The van der Waals surface area contributed by atoms with Crippen LogP contribution in [0.25, 0.3) is 0 Å². The summed E-state index contributed by atoms with van der Waals surface area (Å²) in [6.07, 6.45) is 3.82. The van der Waals surface area contributed by atoms with Crippen molar-refractivity contribution in [3.63, 3.8) is 0 Å². The smallest absolute Gasteiger partial charge is 0.340 e. The number of hydrogen-bond acceptors (Lipinski definition) is 4. The van der Waals surface area contributed by atoms with Crippen molar-refractivity contribution in [1.29, 1.82) is 0 Å². The zero-order valence-electron chi connectivity index (χ0n) is 10.0. The topological polar surface area (TPSA) is 64.3 Å². The van der Waals surface area contributed by atoms with Gasteiger partial charge >= 0.3 is 5.97 Å². The molecule has 0 amide bonds. The number of nitrogen functional groups attached to an aromatic ring is 1. The van der Waals surface area contributed by atoms with E-state index in [9.17, 15) is 4.79 Å². The highest BCUT2D eigenvalue weighted by atomic mass is 16.5. The largest absolute Gasteiger partial charge is 0.465 e. The van der Waals surface area contributed by atoms with E-state index in [1.807, 2.05) is 0 Å². The molecule has 1 fully saturated rings. The summed E-state index contributed by atoms with van der Waals surface area (Å²) in [6, 6.07) is 5.27. The van der Waals surface area contributed by atoms with Crippen molar-refractivity contribution in [3.05, 3.63) is 23.8 Å². The lowest BCUT2D eigenvalue weighted by atomic mass is 9.85. The molecule has 0 bridgehead atoms. The molecule has 1 aliphatic carbocycles. The minimum absolute atomic E-state index is 0.353. The molecule has 0 spiro atoms. The SMILES string of the molecule is COC(=O)c1cccc(N)c1NCC1CCC1. The van der Waals surface area contributed by atoms with Crippen LogP contribution in [0, 0.1) is 5.92 Å². The summed E-state index contributed by atoms with van der Waals surface area (Å²) in [5, 5.41) is 3.27. The van der Waals surface area contributed by atoms with E-state index in [1.165, 1.54) is 26.4 Å². The first-order chi connectivity index (χ1) is 8.22. The Labute approximate surface area is 101 Å². The fourth-order valence-corrected chi connectivity index (χ4v) is 1.99. The Morgan fingerprint density at radius 1 is 1.53 bits per heavy atom. The van der Waals surface area contributed by atoms with Crippen molar-refractivity contribution >= 4 is 17.3 Å². The van der Waals surface area contributed by atoms with Gasteiger partial charge in [0.25, 0.3) is 0 Å². The summed E-state index contributed by atoms with van der Waals surface area (Å²) < 4.78 is 4.74. The summed E-state index contributed by atoms with van der Waals surface area (Å²) in [6.45, 7) is 0.873. The number of para-hydroxylation sites is 1. The van der Waals surface area contributed by atoms with Crippen LogP contribution in [0.4, 0.5) is 11.4 Å². The number of carbonyl (C=O) groups excluding carboxylic acids is 1. The molecule has 1 saturated carbocycles. The highest BCUT2D eigenvalue weighted by Gasteiger charge is 2.19. The number of nitrogens with one attached hydrogen (secondary N) is 1. The summed E-state index contributed by atoms with van der Waals surface area (Å²) >= 11 is 0. The fourth-order valence-electron chi connectivity index (χ4n) is 1.99. The van der Waals surface area contributed by atoms with Crippen LogP contribution in [-0.2, 0) is 4.74 Å². The first-order valence-corrected chi connectivity index (χ1v) is 5.93. The number of rotatable bonds is 4. The molecule has 0 heterocycles. The summed E-state index contributed by atoms with van der Waals surface area (Å²) in [5.74, 6) is 0.355. The summed E-state index contributed by atoms with van der Waals surface area (Å²) in [4.78, 5) is 11.6. The number of esters is 1. The van der Waals surface area contributed by atoms with E-state index >= 15 is 0 Å². The average Bonchev–Trinajstić information content (AvgIpc) is 2.28. The second kappa shape index (κ2) is 5.08. The van der Waals surface area contributed by atoms with Crippen LogP contribution in [0.3, 0.4) is 0 Å². The lowest BCUT2D eigenvalue weighted by Crippen LogP contribution is -2.22. The van der Waals surface area contributed by atoms with E-state index in [-0.39, 0.29) is 5.97 Å². The van der Waals surface area contributed by atoms with Gasteiger partial charge in [0, 0.05) is 6.54 Å². The molecule has 0 aliphatic heterocycles. The summed E-state index contributed by atoms with van der Waals surface area (Å²) in [5.41, 5.74) is 7.69. The number of hydrogen-bond donors (Lipinski definition) is 2. The molecule has 1 aromatic rings. The van der Waals surface area contributed by atoms with Gasteiger partial charge in [-0.3, -0.25) is 0 Å². The standard InChI is InChI=1S/C13H18N2O2/c1-17-13(16)10-6-3-7-11(14)12(10)15-8-9-4-2-5-9/h3,6-7,9,15H,2,4-5,8,14H2,1H3. The van der Waals surface area contributed by atoms with Crippen molar-refractivity contribution < 1.29 is 9.53 Å². The third-order valence-electron chi connectivity index (χ3n) is 3.29. The molecule has 17 heavy (non-hydrogen) atoms. The van der Waals surface area contributed by atoms with Crippen molar-refractivity contribution in [2.45, 2.75) is 19.3 Å². The number of carbonyl (C=O) groups is 1. The minimum atomic E-state index is -0.353. The number of anilines is 2. The van der Waals surface area contributed by atoms with Crippen LogP contribution >= 0.6 is 0 Å². The number of methoxy groups -OCH3 is 1. The maximum atomic E-state index is 11.6. The molecule has 0 unspecified atom stereocenters. The lowest BCUT2D eigenvalue weighted by molar-refractivity contribution is 0.0602. The van der Waals surface area contributed by atoms with Crippen LogP contribution in [-0.4, -0.2) is 19.6 Å². The Bertz CT molecular complexity index is 414. The normalized spacial score (nSPS) is 15.1. The predicted octanol–water partition coefficient (Wildman–Crippen LogP) is 2.27. The maximum Gasteiger partial charge on any atom is 0.340 e. The molecule has 4 nitrogen and oxygen atoms in total. The monoisotopic (exact) mass is 234 g/mol. The Morgan fingerprint density at radius 2 is 2.29 bits per heavy atom. The first kappa shape index (κ1) is 11.8. The zero-order valence-corrected chi connectivity index (χ0v) is 10.0. The zero-order chi connectivity index (χ0) is 12.3. The predicted molar refractivity (Wildman–Crippen MR) is 68.0 cm³/mol. The van der Waals surface area contributed by atoms with E-state index in [0.29, 0.717) is 22.9 Å². The van der Waals surface area contributed by atoms with Gasteiger partial charge in [0.2, 0.25) is 0 Å². The van der Waals surface area contributed by atoms with Crippen LogP contribution in [0.1, 0.15) is 29.6 Å². The van der Waals surface area contributed by atoms with Crippen molar-refractivity contribution in [2.24, 2.45) is 5.92 Å². The second-order valence-electron chi connectivity index (χ2n) is 4.44. The van der Waals surface area contributed by atoms with Gasteiger partial charge in [0.05, 0.1) is 24.0 Å². The maximum absolute atomic E-state index is 11.6. The van der Waals surface area contributed by atoms with Gasteiger partial charge in [-0.1, -0.05) is 12.5 Å². The van der Waals surface area contributed by atoms with Gasteiger partial charge in [0.1, 0.15) is 0 Å². The van der Waals surface area contributed by atoms with Crippen molar-refractivity contribution in [3.8, 4) is 0 Å². The molecule has 0 saturated heterocycles. The van der Waals surface area contributed by atoms with Gasteiger partial charge in [0.15, 0.2) is 0 Å². The highest BCUT2D eigenvalue weighted by Crippen LogP contribution is 2.29. The van der Waals surface area contributed by atoms with E-state index in [4.69, 9.17) is 10.5 Å². The third-order valence-corrected chi connectivity index (χ3v) is 3.29. The van der Waals surface area contributed by atoms with Gasteiger partial charge in [-0.05, 0) is 30.9 Å². The molecular formula is C13H18N2O2. The third kappa shape index (κ3) is 2.52. The van der Waals surface area contributed by atoms with Crippen LogP contribution in [0.15, 0.2) is 18.2 Å². The Kier molecular flexibility index (Phi) is 3.52. The van der Waals surface area contributed by atoms with Crippen molar-refractivity contribution in [1.82, 2.24) is 0 Å². The van der Waals surface area contributed by atoms with Gasteiger partial charge in [-0.25, -0.2) is 4.79 Å². The number of benzene rings is 1.